The van der Waals surface area contributed by atoms with Crippen molar-refractivity contribution in [2.75, 3.05) is 12.4 Å². The van der Waals surface area contributed by atoms with E-state index in [9.17, 15) is 4.79 Å². The van der Waals surface area contributed by atoms with Crippen LogP contribution in [0, 0.1) is 5.92 Å². The SMILES string of the molecule is COC(=O)C(CC(C)C)Nc1nnnn1C. The molecule has 1 unspecified atom stereocenters. The van der Waals surface area contributed by atoms with Gasteiger partial charge in [0.1, 0.15) is 6.04 Å². The molecule has 0 saturated carbocycles. The minimum absolute atomic E-state index is 0.309. The molecule has 0 fully saturated rings. The summed E-state index contributed by atoms with van der Waals surface area (Å²) >= 11 is 0. The Bertz CT molecular complexity index is 349. The molecule has 1 aromatic heterocycles. The molecule has 16 heavy (non-hydrogen) atoms. The Labute approximate surface area is 94.2 Å². The first-order valence-corrected chi connectivity index (χ1v) is 5.11. The summed E-state index contributed by atoms with van der Waals surface area (Å²) in [5, 5.41) is 13.9. The van der Waals surface area contributed by atoms with Crippen LogP contribution in [0.5, 0.6) is 0 Å². The fourth-order valence-electron chi connectivity index (χ4n) is 1.34. The standard InChI is InChI=1S/C9H17N5O2/c1-6(2)5-7(8(15)16-4)10-9-11-12-13-14(9)3/h6-7H,5H2,1-4H3,(H,10,11,13). The molecule has 1 atom stereocenters. The van der Waals surface area contributed by atoms with Crippen molar-refractivity contribution in [3.63, 3.8) is 0 Å². The largest absolute Gasteiger partial charge is 0.467 e. The van der Waals surface area contributed by atoms with E-state index < -0.39 is 6.04 Å². The fraction of sp³-hybridized carbons (Fsp3) is 0.778. The molecule has 0 aliphatic heterocycles. The van der Waals surface area contributed by atoms with Gasteiger partial charge in [0.05, 0.1) is 7.11 Å². The average Bonchev–Trinajstić information content (AvgIpc) is 2.61. The lowest BCUT2D eigenvalue weighted by Crippen LogP contribution is -2.33. The van der Waals surface area contributed by atoms with Crippen LogP contribution in [-0.4, -0.2) is 39.3 Å². The maximum Gasteiger partial charge on any atom is 0.328 e. The van der Waals surface area contributed by atoms with E-state index in [4.69, 9.17) is 4.74 Å². The number of carbonyl (C=O) groups is 1. The Morgan fingerprint density at radius 3 is 2.69 bits per heavy atom. The van der Waals surface area contributed by atoms with Gasteiger partial charge < -0.3 is 10.1 Å². The maximum absolute atomic E-state index is 11.5. The average molecular weight is 227 g/mol. The van der Waals surface area contributed by atoms with E-state index in [1.165, 1.54) is 11.8 Å². The van der Waals surface area contributed by atoms with Gasteiger partial charge in [-0.3, -0.25) is 0 Å². The third-order valence-corrected chi connectivity index (χ3v) is 2.12. The van der Waals surface area contributed by atoms with E-state index in [1.807, 2.05) is 13.8 Å². The molecule has 1 rings (SSSR count). The number of anilines is 1. The Morgan fingerprint density at radius 2 is 2.25 bits per heavy atom. The van der Waals surface area contributed by atoms with Crippen molar-refractivity contribution in [1.29, 1.82) is 0 Å². The van der Waals surface area contributed by atoms with Crippen LogP contribution < -0.4 is 5.32 Å². The second-order valence-electron chi connectivity index (χ2n) is 3.98. The monoisotopic (exact) mass is 227 g/mol. The predicted molar refractivity (Wildman–Crippen MR) is 57.7 cm³/mol. The third-order valence-electron chi connectivity index (χ3n) is 2.12. The summed E-state index contributed by atoms with van der Waals surface area (Å²) < 4.78 is 6.19. The number of carbonyl (C=O) groups excluding carboxylic acids is 1. The molecule has 90 valence electrons. The third kappa shape index (κ3) is 3.18. The van der Waals surface area contributed by atoms with Crippen molar-refractivity contribution in [3.8, 4) is 0 Å². The number of aromatic nitrogens is 4. The zero-order chi connectivity index (χ0) is 12.1. The lowest BCUT2D eigenvalue weighted by atomic mass is 10.0. The van der Waals surface area contributed by atoms with Gasteiger partial charge in [0.25, 0.3) is 0 Å². The molecule has 0 radical (unpaired) electrons. The minimum Gasteiger partial charge on any atom is -0.467 e. The summed E-state index contributed by atoms with van der Waals surface area (Å²) in [5.41, 5.74) is 0. The van der Waals surface area contributed by atoms with Crippen LogP contribution in [0.1, 0.15) is 20.3 Å². The predicted octanol–water partition coefficient (Wildman–Crippen LogP) is 0.210. The first-order chi connectivity index (χ1) is 7.54. The van der Waals surface area contributed by atoms with Gasteiger partial charge in [-0.15, -0.1) is 0 Å². The van der Waals surface area contributed by atoms with Crippen molar-refractivity contribution in [2.45, 2.75) is 26.3 Å². The van der Waals surface area contributed by atoms with Gasteiger partial charge in [0.2, 0.25) is 5.95 Å². The lowest BCUT2D eigenvalue weighted by molar-refractivity contribution is -0.141. The first-order valence-electron chi connectivity index (χ1n) is 5.11. The van der Waals surface area contributed by atoms with Crippen LogP contribution in [-0.2, 0) is 16.6 Å². The van der Waals surface area contributed by atoms with Gasteiger partial charge in [-0.05, 0) is 22.8 Å². The molecular formula is C9H17N5O2. The van der Waals surface area contributed by atoms with Crippen molar-refractivity contribution in [1.82, 2.24) is 20.2 Å². The number of methoxy groups -OCH3 is 1. The quantitative estimate of drug-likeness (QED) is 0.724. The molecule has 7 heteroatoms. The number of hydrogen-bond donors (Lipinski definition) is 1. The number of nitrogens with one attached hydrogen (secondary N) is 1. The van der Waals surface area contributed by atoms with Gasteiger partial charge in [0, 0.05) is 7.05 Å². The maximum atomic E-state index is 11.5. The van der Waals surface area contributed by atoms with Crippen molar-refractivity contribution < 1.29 is 9.53 Å². The molecule has 0 saturated heterocycles. The van der Waals surface area contributed by atoms with Gasteiger partial charge in [-0.1, -0.05) is 18.9 Å². The second-order valence-corrected chi connectivity index (χ2v) is 3.98. The molecule has 7 nitrogen and oxygen atoms in total. The zero-order valence-electron chi connectivity index (χ0n) is 9.97. The summed E-state index contributed by atoms with van der Waals surface area (Å²) in [6.45, 7) is 4.07. The van der Waals surface area contributed by atoms with E-state index in [2.05, 4.69) is 20.8 Å². The summed E-state index contributed by atoms with van der Waals surface area (Å²) in [6.07, 6.45) is 0.666. The molecule has 0 aromatic carbocycles. The molecule has 1 N–H and O–H groups in total. The summed E-state index contributed by atoms with van der Waals surface area (Å²) in [6, 6.07) is -0.422. The zero-order valence-corrected chi connectivity index (χ0v) is 9.97. The summed E-state index contributed by atoms with van der Waals surface area (Å²) in [4.78, 5) is 11.5. The lowest BCUT2D eigenvalue weighted by Gasteiger charge is -2.17. The number of nitrogens with zero attached hydrogens (tertiary/aromatic N) is 4. The Hall–Kier alpha value is -1.66. The molecule has 0 bridgehead atoms. The molecule has 0 aliphatic carbocycles. The highest BCUT2D eigenvalue weighted by atomic mass is 16.5. The van der Waals surface area contributed by atoms with Crippen molar-refractivity contribution >= 4 is 11.9 Å². The number of ether oxygens (including phenoxy) is 1. The Kier molecular flexibility index (Phi) is 4.21. The normalized spacial score (nSPS) is 12.6. The van der Waals surface area contributed by atoms with E-state index in [-0.39, 0.29) is 5.97 Å². The Balaban J connectivity index is 2.70. The van der Waals surface area contributed by atoms with E-state index in [1.54, 1.807) is 7.05 Å². The highest BCUT2D eigenvalue weighted by Crippen LogP contribution is 2.10. The topological polar surface area (TPSA) is 81.9 Å². The molecule has 0 spiro atoms. The van der Waals surface area contributed by atoms with Crippen molar-refractivity contribution in [2.24, 2.45) is 13.0 Å². The fourth-order valence-corrected chi connectivity index (χ4v) is 1.34. The van der Waals surface area contributed by atoms with Gasteiger partial charge in [0.15, 0.2) is 0 Å². The second kappa shape index (κ2) is 5.43. The number of aryl methyl sites for hydroxylation is 1. The van der Waals surface area contributed by atoms with Crippen LogP contribution in [0.15, 0.2) is 0 Å². The van der Waals surface area contributed by atoms with Gasteiger partial charge in [-0.25, -0.2) is 9.48 Å². The van der Waals surface area contributed by atoms with Gasteiger partial charge in [-0.2, -0.15) is 0 Å². The number of tetrazole rings is 1. The summed E-state index contributed by atoms with van der Waals surface area (Å²) in [5.74, 6) is 0.519. The van der Waals surface area contributed by atoms with Crippen LogP contribution in [0.25, 0.3) is 0 Å². The smallest absolute Gasteiger partial charge is 0.328 e. The van der Waals surface area contributed by atoms with Crippen molar-refractivity contribution in [3.05, 3.63) is 0 Å². The Morgan fingerprint density at radius 1 is 1.56 bits per heavy atom. The first kappa shape index (κ1) is 12.4. The van der Waals surface area contributed by atoms with Crippen LogP contribution in [0.2, 0.25) is 0 Å². The number of rotatable bonds is 5. The van der Waals surface area contributed by atoms with Crippen LogP contribution in [0.4, 0.5) is 5.95 Å². The van der Waals surface area contributed by atoms with E-state index in [0.29, 0.717) is 18.3 Å². The summed E-state index contributed by atoms with van der Waals surface area (Å²) in [7, 11) is 3.07. The number of hydrogen-bond acceptors (Lipinski definition) is 6. The van der Waals surface area contributed by atoms with Crippen LogP contribution in [0.3, 0.4) is 0 Å². The van der Waals surface area contributed by atoms with E-state index >= 15 is 0 Å². The molecular weight excluding hydrogens is 210 g/mol. The highest BCUT2D eigenvalue weighted by Gasteiger charge is 2.22. The van der Waals surface area contributed by atoms with Gasteiger partial charge >= 0.3 is 5.97 Å². The minimum atomic E-state index is -0.422. The highest BCUT2D eigenvalue weighted by molar-refractivity contribution is 5.78. The van der Waals surface area contributed by atoms with Crippen LogP contribution >= 0.6 is 0 Å². The van der Waals surface area contributed by atoms with E-state index in [0.717, 1.165) is 0 Å². The molecule has 1 aromatic rings. The molecule has 1 heterocycles. The molecule has 0 aliphatic rings. The number of esters is 1. The molecule has 0 amide bonds.